The number of nitrogens with zero attached hydrogens (tertiary/aromatic N) is 1. The summed E-state index contributed by atoms with van der Waals surface area (Å²) in [6, 6.07) is 17.8. The number of oxazole rings is 1. The molecule has 0 fully saturated rings. The van der Waals surface area contributed by atoms with Gasteiger partial charge in [-0.3, -0.25) is 0 Å². The van der Waals surface area contributed by atoms with Crippen LogP contribution in [0.1, 0.15) is 17.0 Å². The second-order valence-corrected chi connectivity index (χ2v) is 6.03. The Morgan fingerprint density at radius 3 is 2.56 bits per heavy atom. The minimum atomic E-state index is 0.0505. The molecule has 1 heterocycles. The number of benzene rings is 2. The molecule has 0 atom stereocenters. The van der Waals surface area contributed by atoms with Crippen LogP contribution in [0.5, 0.6) is 5.75 Å². The summed E-state index contributed by atoms with van der Waals surface area (Å²) >= 11 is 0. The number of hydrogen-bond donors (Lipinski definition) is 1. The first-order chi connectivity index (χ1) is 13.3. The summed E-state index contributed by atoms with van der Waals surface area (Å²) in [4.78, 5) is 4.59. The van der Waals surface area contributed by atoms with Crippen molar-refractivity contribution in [2.24, 2.45) is 0 Å². The van der Waals surface area contributed by atoms with Gasteiger partial charge in [0, 0.05) is 12.0 Å². The molecule has 2 aromatic carbocycles. The molecule has 0 spiro atoms. The fourth-order valence-corrected chi connectivity index (χ4v) is 2.61. The Kier molecular flexibility index (Phi) is 6.61. The first-order valence-corrected chi connectivity index (χ1v) is 8.95. The molecule has 0 aliphatic heterocycles. The lowest BCUT2D eigenvalue weighted by Crippen LogP contribution is -2.02. The summed E-state index contributed by atoms with van der Waals surface area (Å²) < 4.78 is 11.6. The van der Waals surface area contributed by atoms with E-state index in [-0.39, 0.29) is 6.61 Å². The third kappa shape index (κ3) is 5.43. The Hall–Kier alpha value is -3.11. The number of allylic oxidation sites excluding steroid dienone is 2. The van der Waals surface area contributed by atoms with E-state index in [2.05, 4.69) is 4.98 Å². The fraction of sp³-hybridized carbons (Fsp3) is 0.174. The molecule has 0 saturated heterocycles. The van der Waals surface area contributed by atoms with Gasteiger partial charge in [0.2, 0.25) is 5.89 Å². The number of aromatic nitrogens is 1. The summed E-state index contributed by atoms with van der Waals surface area (Å²) in [5.41, 5.74) is 2.97. The van der Waals surface area contributed by atoms with Crippen LogP contribution in [-0.4, -0.2) is 23.3 Å². The standard InChI is InChI=1S/C23H23NO3/c1-18-22(24-23(27-18)20-9-5-2-6-10-20)15-17-26-21-13-11-19(12-14-21)8-4-3-7-16-25/h2-14,25H,15-17H2,1H3/b7-3+,8-4?. The van der Waals surface area contributed by atoms with E-state index in [0.717, 1.165) is 28.3 Å². The van der Waals surface area contributed by atoms with E-state index in [0.29, 0.717) is 18.9 Å². The number of hydrogen-bond acceptors (Lipinski definition) is 4. The van der Waals surface area contributed by atoms with E-state index in [4.69, 9.17) is 14.3 Å². The van der Waals surface area contributed by atoms with Crippen LogP contribution in [0.25, 0.3) is 17.5 Å². The highest BCUT2D eigenvalue weighted by atomic mass is 16.5. The van der Waals surface area contributed by atoms with Crippen molar-refractivity contribution in [3.63, 3.8) is 0 Å². The molecule has 0 unspecified atom stereocenters. The van der Waals surface area contributed by atoms with Crippen LogP contribution in [0.3, 0.4) is 0 Å². The van der Waals surface area contributed by atoms with Crippen molar-refractivity contribution < 1.29 is 14.3 Å². The summed E-state index contributed by atoms with van der Waals surface area (Å²) in [7, 11) is 0. The van der Waals surface area contributed by atoms with Crippen LogP contribution < -0.4 is 4.74 Å². The van der Waals surface area contributed by atoms with Gasteiger partial charge in [-0.05, 0) is 36.8 Å². The third-order valence-electron chi connectivity index (χ3n) is 4.04. The van der Waals surface area contributed by atoms with Crippen molar-refractivity contribution in [1.82, 2.24) is 4.98 Å². The van der Waals surface area contributed by atoms with Crippen LogP contribution in [0.15, 0.2) is 77.2 Å². The normalized spacial score (nSPS) is 11.5. The van der Waals surface area contributed by atoms with E-state index in [1.165, 1.54) is 0 Å². The highest BCUT2D eigenvalue weighted by molar-refractivity contribution is 5.53. The second kappa shape index (κ2) is 9.55. The Balaban J connectivity index is 1.53. The zero-order chi connectivity index (χ0) is 18.9. The monoisotopic (exact) mass is 361 g/mol. The first kappa shape index (κ1) is 18.7. The molecule has 4 heteroatoms. The van der Waals surface area contributed by atoms with Crippen molar-refractivity contribution in [1.29, 1.82) is 0 Å². The van der Waals surface area contributed by atoms with Gasteiger partial charge in [-0.15, -0.1) is 0 Å². The minimum absolute atomic E-state index is 0.0505. The summed E-state index contributed by atoms with van der Waals surface area (Å²) in [5.74, 6) is 2.30. The number of rotatable bonds is 8. The number of aliphatic hydroxyl groups excluding tert-OH is 1. The molecule has 3 rings (SSSR count). The quantitative estimate of drug-likeness (QED) is 0.584. The Bertz CT molecular complexity index is 893. The van der Waals surface area contributed by atoms with E-state index >= 15 is 0 Å². The molecular formula is C23H23NO3. The molecule has 0 aliphatic carbocycles. The lowest BCUT2D eigenvalue weighted by molar-refractivity contribution is 0.320. The van der Waals surface area contributed by atoms with Crippen molar-refractivity contribution in [2.75, 3.05) is 13.2 Å². The summed E-state index contributed by atoms with van der Waals surface area (Å²) in [6.07, 6.45) is 8.05. The molecule has 0 saturated carbocycles. The number of ether oxygens (including phenoxy) is 1. The molecule has 0 bridgehead atoms. The Morgan fingerprint density at radius 2 is 1.81 bits per heavy atom. The van der Waals surface area contributed by atoms with Crippen molar-refractivity contribution in [3.05, 3.63) is 89.8 Å². The van der Waals surface area contributed by atoms with Gasteiger partial charge in [0.15, 0.2) is 0 Å². The molecule has 4 nitrogen and oxygen atoms in total. The highest BCUT2D eigenvalue weighted by Gasteiger charge is 2.11. The van der Waals surface area contributed by atoms with Gasteiger partial charge < -0.3 is 14.3 Å². The van der Waals surface area contributed by atoms with E-state index < -0.39 is 0 Å². The van der Waals surface area contributed by atoms with Gasteiger partial charge in [0.1, 0.15) is 11.5 Å². The molecule has 27 heavy (non-hydrogen) atoms. The highest BCUT2D eigenvalue weighted by Crippen LogP contribution is 2.22. The zero-order valence-corrected chi connectivity index (χ0v) is 15.3. The van der Waals surface area contributed by atoms with Gasteiger partial charge >= 0.3 is 0 Å². The van der Waals surface area contributed by atoms with Crippen LogP contribution in [-0.2, 0) is 6.42 Å². The van der Waals surface area contributed by atoms with Gasteiger partial charge in [0.05, 0.1) is 18.9 Å². The number of aryl methyl sites for hydroxylation is 1. The van der Waals surface area contributed by atoms with Gasteiger partial charge in [-0.25, -0.2) is 4.98 Å². The van der Waals surface area contributed by atoms with Gasteiger partial charge in [0.25, 0.3) is 0 Å². The molecule has 1 N–H and O–H groups in total. The van der Waals surface area contributed by atoms with Gasteiger partial charge in [-0.2, -0.15) is 0 Å². The molecule has 0 aliphatic rings. The van der Waals surface area contributed by atoms with Crippen LogP contribution in [0.4, 0.5) is 0 Å². The molecule has 138 valence electrons. The number of aliphatic hydroxyl groups is 1. The Labute approximate surface area is 159 Å². The van der Waals surface area contributed by atoms with Gasteiger partial charge in [-0.1, -0.05) is 54.6 Å². The van der Waals surface area contributed by atoms with Crippen LogP contribution >= 0.6 is 0 Å². The topological polar surface area (TPSA) is 55.5 Å². The smallest absolute Gasteiger partial charge is 0.226 e. The van der Waals surface area contributed by atoms with E-state index in [9.17, 15) is 0 Å². The lowest BCUT2D eigenvalue weighted by atomic mass is 10.2. The summed E-state index contributed by atoms with van der Waals surface area (Å²) in [6.45, 7) is 2.52. The van der Waals surface area contributed by atoms with Crippen molar-refractivity contribution >= 4 is 6.08 Å². The molecular weight excluding hydrogens is 338 g/mol. The third-order valence-corrected chi connectivity index (χ3v) is 4.04. The lowest BCUT2D eigenvalue weighted by Gasteiger charge is -2.05. The predicted octanol–water partition coefficient (Wildman–Crippen LogP) is 4.83. The maximum absolute atomic E-state index is 8.69. The molecule has 1 aromatic heterocycles. The van der Waals surface area contributed by atoms with Crippen LogP contribution in [0.2, 0.25) is 0 Å². The maximum atomic E-state index is 8.69. The van der Waals surface area contributed by atoms with E-state index in [1.807, 2.05) is 79.7 Å². The fourth-order valence-electron chi connectivity index (χ4n) is 2.61. The average molecular weight is 361 g/mol. The average Bonchev–Trinajstić information content (AvgIpc) is 3.08. The molecule has 0 amide bonds. The summed E-state index contributed by atoms with van der Waals surface area (Å²) in [5, 5.41) is 8.69. The second-order valence-electron chi connectivity index (χ2n) is 6.03. The van der Waals surface area contributed by atoms with Crippen LogP contribution in [0, 0.1) is 6.92 Å². The largest absolute Gasteiger partial charge is 0.493 e. The first-order valence-electron chi connectivity index (χ1n) is 8.95. The predicted molar refractivity (Wildman–Crippen MR) is 108 cm³/mol. The van der Waals surface area contributed by atoms with Crippen molar-refractivity contribution in [2.45, 2.75) is 13.3 Å². The van der Waals surface area contributed by atoms with Crippen molar-refractivity contribution in [3.8, 4) is 17.2 Å². The minimum Gasteiger partial charge on any atom is -0.493 e. The molecule has 0 radical (unpaired) electrons. The maximum Gasteiger partial charge on any atom is 0.226 e. The molecule has 3 aromatic rings. The zero-order valence-electron chi connectivity index (χ0n) is 15.3. The van der Waals surface area contributed by atoms with E-state index in [1.54, 1.807) is 6.08 Å². The SMILES string of the molecule is Cc1oc(-c2ccccc2)nc1CCOc1ccc(C=C/C=C/CO)cc1. The Morgan fingerprint density at radius 1 is 1.04 bits per heavy atom.